The van der Waals surface area contributed by atoms with Crippen LogP contribution in [0.1, 0.15) is 44.2 Å². The van der Waals surface area contributed by atoms with Gasteiger partial charge in [-0.25, -0.2) is 14.8 Å². The van der Waals surface area contributed by atoms with Gasteiger partial charge < -0.3 is 20.2 Å². The molecule has 10 nitrogen and oxygen atoms in total. The summed E-state index contributed by atoms with van der Waals surface area (Å²) in [6.07, 6.45) is 9.11. The molecule has 10 heteroatoms. The number of nitrogens with one attached hydrogen (secondary N) is 1. The molecule has 166 valence electrons. The van der Waals surface area contributed by atoms with E-state index < -0.39 is 6.09 Å². The van der Waals surface area contributed by atoms with Crippen molar-refractivity contribution in [2.24, 2.45) is 0 Å². The molecule has 2 N–H and O–H groups in total. The Kier molecular flexibility index (Phi) is 6.34. The van der Waals surface area contributed by atoms with Crippen LogP contribution >= 0.6 is 0 Å². The van der Waals surface area contributed by atoms with Crippen LogP contribution < -0.4 is 10.2 Å². The van der Waals surface area contributed by atoms with Crippen molar-refractivity contribution in [2.75, 3.05) is 24.5 Å². The van der Waals surface area contributed by atoms with Crippen molar-refractivity contribution in [2.45, 2.75) is 57.5 Å². The maximum Gasteiger partial charge on any atom is 0.407 e. The van der Waals surface area contributed by atoms with Gasteiger partial charge in [-0.15, -0.1) is 0 Å². The van der Waals surface area contributed by atoms with Crippen molar-refractivity contribution < 1.29 is 14.7 Å². The van der Waals surface area contributed by atoms with E-state index in [4.69, 9.17) is 10.1 Å². The highest BCUT2D eigenvalue weighted by molar-refractivity contribution is 5.77. The SMILES string of the molecule is Cc1cc(N2CCCCC2CC(=O)NC2CCN(C(=O)O)CC2)nc(-n2ccnc2)n1. The summed E-state index contributed by atoms with van der Waals surface area (Å²) in [6.45, 7) is 3.73. The molecular weight excluding hydrogens is 398 g/mol. The number of imidazole rings is 1. The molecule has 0 aromatic carbocycles. The fourth-order valence-corrected chi connectivity index (χ4v) is 4.41. The minimum absolute atomic E-state index is 0.0197. The monoisotopic (exact) mass is 427 g/mol. The molecule has 1 unspecified atom stereocenters. The Morgan fingerprint density at radius 1 is 1.16 bits per heavy atom. The van der Waals surface area contributed by atoms with Crippen LogP contribution in [0.3, 0.4) is 0 Å². The van der Waals surface area contributed by atoms with Crippen LogP contribution in [0.25, 0.3) is 5.95 Å². The number of anilines is 1. The normalized spacial score (nSPS) is 20.0. The molecule has 1 atom stereocenters. The Morgan fingerprint density at radius 2 is 1.97 bits per heavy atom. The standard InChI is InChI=1S/C21H29N7O3/c1-15-12-18(25-20(23-15)27-11-7-22-14-27)28-8-3-2-4-17(28)13-19(29)24-16-5-9-26(10-6-16)21(30)31/h7,11-12,14,16-17H,2-6,8-10,13H2,1H3,(H,24,29)(H,30,31). The lowest BCUT2D eigenvalue weighted by molar-refractivity contribution is -0.122. The van der Waals surface area contributed by atoms with Crippen molar-refractivity contribution in [3.8, 4) is 5.95 Å². The first-order chi connectivity index (χ1) is 15.0. The second kappa shape index (κ2) is 9.32. The number of hydrogen-bond acceptors (Lipinski definition) is 6. The molecule has 0 aliphatic carbocycles. The van der Waals surface area contributed by atoms with Gasteiger partial charge in [0.25, 0.3) is 0 Å². The van der Waals surface area contributed by atoms with Crippen LogP contribution in [0.15, 0.2) is 24.8 Å². The third-order valence-corrected chi connectivity index (χ3v) is 6.04. The van der Waals surface area contributed by atoms with Crippen LogP contribution in [0.5, 0.6) is 0 Å². The van der Waals surface area contributed by atoms with Gasteiger partial charge in [0, 0.05) is 62.3 Å². The topological polar surface area (TPSA) is 116 Å². The van der Waals surface area contributed by atoms with E-state index in [2.05, 4.69) is 20.2 Å². The lowest BCUT2D eigenvalue weighted by Crippen LogP contribution is -2.48. The first-order valence-corrected chi connectivity index (χ1v) is 10.9. The summed E-state index contributed by atoms with van der Waals surface area (Å²) in [5.74, 6) is 1.43. The van der Waals surface area contributed by atoms with E-state index in [9.17, 15) is 9.59 Å². The summed E-state index contributed by atoms with van der Waals surface area (Å²) in [6, 6.07) is 2.09. The van der Waals surface area contributed by atoms with Gasteiger partial charge in [-0.3, -0.25) is 9.36 Å². The van der Waals surface area contributed by atoms with Gasteiger partial charge in [0.05, 0.1) is 0 Å². The largest absolute Gasteiger partial charge is 0.465 e. The molecule has 4 heterocycles. The summed E-state index contributed by atoms with van der Waals surface area (Å²) in [7, 11) is 0. The van der Waals surface area contributed by atoms with Crippen molar-refractivity contribution in [3.63, 3.8) is 0 Å². The molecule has 2 amide bonds. The summed E-state index contributed by atoms with van der Waals surface area (Å²) < 4.78 is 1.78. The van der Waals surface area contributed by atoms with E-state index in [0.717, 1.165) is 37.3 Å². The highest BCUT2D eigenvalue weighted by Gasteiger charge is 2.28. The molecule has 2 aliphatic heterocycles. The van der Waals surface area contributed by atoms with E-state index in [1.165, 1.54) is 4.90 Å². The third-order valence-electron chi connectivity index (χ3n) is 6.04. The molecular formula is C21H29N7O3. The Bertz CT molecular complexity index is 910. The number of carboxylic acid groups (broad SMARTS) is 1. The number of aryl methyl sites for hydroxylation is 1. The van der Waals surface area contributed by atoms with Crippen molar-refractivity contribution in [1.29, 1.82) is 0 Å². The molecule has 2 aliphatic rings. The van der Waals surface area contributed by atoms with Crippen LogP contribution in [0.4, 0.5) is 10.6 Å². The van der Waals surface area contributed by atoms with Gasteiger partial charge in [-0.1, -0.05) is 0 Å². The number of nitrogens with zero attached hydrogens (tertiary/aromatic N) is 6. The predicted octanol–water partition coefficient (Wildman–Crippen LogP) is 1.98. The van der Waals surface area contributed by atoms with E-state index in [1.54, 1.807) is 17.1 Å². The number of hydrogen-bond donors (Lipinski definition) is 2. The number of aromatic nitrogens is 4. The van der Waals surface area contributed by atoms with Crippen LogP contribution in [-0.2, 0) is 4.79 Å². The molecule has 0 saturated carbocycles. The highest BCUT2D eigenvalue weighted by atomic mass is 16.4. The van der Waals surface area contributed by atoms with E-state index in [0.29, 0.717) is 38.3 Å². The predicted molar refractivity (Wildman–Crippen MR) is 114 cm³/mol. The molecule has 0 bridgehead atoms. The fourth-order valence-electron chi connectivity index (χ4n) is 4.41. The van der Waals surface area contributed by atoms with E-state index >= 15 is 0 Å². The van der Waals surface area contributed by atoms with Gasteiger partial charge in [0.2, 0.25) is 11.9 Å². The lowest BCUT2D eigenvalue weighted by atomic mass is 9.98. The zero-order chi connectivity index (χ0) is 21.8. The molecule has 2 aromatic heterocycles. The minimum Gasteiger partial charge on any atom is -0.465 e. The van der Waals surface area contributed by atoms with Gasteiger partial charge in [-0.05, 0) is 39.0 Å². The number of rotatable bonds is 5. The smallest absolute Gasteiger partial charge is 0.407 e. The van der Waals surface area contributed by atoms with Crippen molar-refractivity contribution in [1.82, 2.24) is 29.7 Å². The minimum atomic E-state index is -0.891. The maximum absolute atomic E-state index is 12.8. The molecule has 2 fully saturated rings. The number of piperidine rings is 2. The van der Waals surface area contributed by atoms with Gasteiger partial charge in [-0.2, -0.15) is 4.98 Å². The van der Waals surface area contributed by atoms with Gasteiger partial charge in [0.15, 0.2) is 0 Å². The zero-order valence-corrected chi connectivity index (χ0v) is 17.8. The highest BCUT2D eigenvalue weighted by Crippen LogP contribution is 2.26. The van der Waals surface area contributed by atoms with Crippen LogP contribution in [-0.4, -0.2) is 73.2 Å². The number of carbonyl (C=O) groups is 2. The third kappa shape index (κ3) is 5.12. The van der Waals surface area contributed by atoms with Crippen molar-refractivity contribution in [3.05, 3.63) is 30.5 Å². The van der Waals surface area contributed by atoms with Crippen LogP contribution in [0.2, 0.25) is 0 Å². The number of amides is 2. The van der Waals surface area contributed by atoms with E-state index in [-0.39, 0.29) is 18.0 Å². The number of carbonyl (C=O) groups excluding carboxylic acids is 1. The Balaban J connectivity index is 1.41. The fraction of sp³-hybridized carbons (Fsp3) is 0.571. The maximum atomic E-state index is 12.8. The second-order valence-electron chi connectivity index (χ2n) is 8.30. The Labute approximate surface area is 181 Å². The first kappa shape index (κ1) is 21.1. The lowest BCUT2D eigenvalue weighted by Gasteiger charge is -2.37. The summed E-state index contributed by atoms with van der Waals surface area (Å²) in [5, 5.41) is 12.2. The molecule has 4 rings (SSSR count). The summed E-state index contributed by atoms with van der Waals surface area (Å²) >= 11 is 0. The van der Waals surface area contributed by atoms with Crippen LogP contribution in [0, 0.1) is 6.92 Å². The second-order valence-corrected chi connectivity index (χ2v) is 8.30. The molecule has 0 radical (unpaired) electrons. The van der Waals surface area contributed by atoms with E-state index in [1.807, 2.05) is 19.2 Å². The number of likely N-dealkylation sites (tertiary alicyclic amines) is 1. The molecule has 2 saturated heterocycles. The van der Waals surface area contributed by atoms with Gasteiger partial charge >= 0.3 is 6.09 Å². The summed E-state index contributed by atoms with van der Waals surface area (Å²) in [5.41, 5.74) is 0.868. The zero-order valence-electron chi connectivity index (χ0n) is 17.8. The average Bonchev–Trinajstić information content (AvgIpc) is 3.29. The quantitative estimate of drug-likeness (QED) is 0.749. The molecule has 2 aromatic rings. The molecule has 0 spiro atoms. The Hall–Kier alpha value is -3.17. The first-order valence-electron chi connectivity index (χ1n) is 10.9. The van der Waals surface area contributed by atoms with Gasteiger partial charge in [0.1, 0.15) is 12.1 Å². The summed E-state index contributed by atoms with van der Waals surface area (Å²) in [4.78, 5) is 40.8. The average molecular weight is 428 g/mol. The molecule has 31 heavy (non-hydrogen) atoms. The Morgan fingerprint density at radius 3 is 2.68 bits per heavy atom. The van der Waals surface area contributed by atoms with Crippen molar-refractivity contribution >= 4 is 17.8 Å².